The Balaban J connectivity index is 1.69. The van der Waals surface area contributed by atoms with Crippen molar-refractivity contribution in [2.24, 2.45) is 0 Å². The van der Waals surface area contributed by atoms with Crippen LogP contribution in [0.25, 0.3) is 10.9 Å². The Labute approximate surface area is 218 Å². The number of ketones is 1. The van der Waals surface area contributed by atoms with E-state index in [1.165, 1.54) is 24.7 Å². The summed E-state index contributed by atoms with van der Waals surface area (Å²) in [6.07, 6.45) is 0. The van der Waals surface area contributed by atoms with Crippen LogP contribution in [0.4, 0.5) is 16.2 Å². The van der Waals surface area contributed by atoms with Crippen LogP contribution >= 0.6 is 0 Å². The second-order valence-electron chi connectivity index (χ2n) is 8.61. The average Bonchev–Trinajstić information content (AvgIpc) is 2.91. The fraction of sp³-hybridized carbons (Fsp3) is 0.214. The van der Waals surface area contributed by atoms with Crippen LogP contribution in [0.1, 0.15) is 22.8 Å². The number of methoxy groups -OCH3 is 2. The van der Waals surface area contributed by atoms with Crippen molar-refractivity contribution in [1.29, 1.82) is 0 Å². The van der Waals surface area contributed by atoms with Gasteiger partial charge in [0.05, 0.1) is 37.7 Å². The quantitative estimate of drug-likeness (QED) is 0.327. The molecule has 10 nitrogen and oxygen atoms in total. The van der Waals surface area contributed by atoms with Crippen molar-refractivity contribution in [3.05, 3.63) is 98.7 Å². The van der Waals surface area contributed by atoms with E-state index in [-0.39, 0.29) is 30.9 Å². The van der Waals surface area contributed by atoms with E-state index in [1.807, 2.05) is 12.1 Å². The zero-order valence-corrected chi connectivity index (χ0v) is 21.3. The lowest BCUT2D eigenvalue weighted by atomic mass is 10.1. The van der Waals surface area contributed by atoms with Crippen molar-refractivity contribution in [3.8, 4) is 5.75 Å². The van der Waals surface area contributed by atoms with Gasteiger partial charge in [-0.25, -0.2) is 9.59 Å². The smallest absolute Gasteiger partial charge is 0.331 e. The predicted molar refractivity (Wildman–Crippen MR) is 146 cm³/mol. The third-order valence-electron chi connectivity index (χ3n) is 6.03. The molecule has 0 unspecified atom stereocenters. The van der Waals surface area contributed by atoms with E-state index in [4.69, 9.17) is 9.47 Å². The molecule has 2 amide bonds. The van der Waals surface area contributed by atoms with Crippen LogP contribution < -0.4 is 26.6 Å². The van der Waals surface area contributed by atoms with Gasteiger partial charge < -0.3 is 20.1 Å². The molecule has 3 aromatic carbocycles. The first kappa shape index (κ1) is 26.4. The van der Waals surface area contributed by atoms with Gasteiger partial charge in [0.2, 0.25) is 0 Å². The second-order valence-corrected chi connectivity index (χ2v) is 8.61. The van der Waals surface area contributed by atoms with Crippen LogP contribution in [0, 0.1) is 0 Å². The van der Waals surface area contributed by atoms with Crippen LogP contribution in [0.5, 0.6) is 5.75 Å². The van der Waals surface area contributed by atoms with Gasteiger partial charge >= 0.3 is 11.7 Å². The van der Waals surface area contributed by atoms with E-state index in [1.54, 1.807) is 55.6 Å². The van der Waals surface area contributed by atoms with Crippen molar-refractivity contribution >= 4 is 34.1 Å². The molecule has 10 heteroatoms. The predicted octanol–water partition coefficient (Wildman–Crippen LogP) is 3.71. The highest BCUT2D eigenvalue weighted by atomic mass is 16.5. The molecule has 0 radical (unpaired) electrons. The molecule has 2 N–H and O–H groups in total. The molecule has 0 saturated carbocycles. The van der Waals surface area contributed by atoms with Gasteiger partial charge in [-0.05, 0) is 55.0 Å². The molecule has 0 aliphatic heterocycles. The van der Waals surface area contributed by atoms with Crippen LogP contribution in [0.2, 0.25) is 0 Å². The lowest BCUT2D eigenvalue weighted by Gasteiger charge is -2.15. The molecular formula is C28H28N4O6. The first-order chi connectivity index (χ1) is 18.3. The zero-order valence-electron chi connectivity index (χ0n) is 21.3. The van der Waals surface area contributed by atoms with Crippen molar-refractivity contribution in [2.45, 2.75) is 20.0 Å². The summed E-state index contributed by atoms with van der Waals surface area (Å²) in [4.78, 5) is 50.9. The number of carbonyl (C=O) groups excluding carboxylic acids is 2. The third-order valence-corrected chi connectivity index (χ3v) is 6.03. The average molecular weight is 517 g/mol. The number of ether oxygens (including phenoxy) is 2. The number of Topliss-reactive ketones (excluding diaryl/α,β-unsaturated/α-hetero) is 1. The topological polar surface area (TPSA) is 121 Å². The SMILES string of the molecule is COCCn1c(=O)c2cc(NC(=O)Nc3cccc(C(C)=O)c3)ccc2n(Cc2ccc(OC)cc2)c1=O. The van der Waals surface area contributed by atoms with Crippen molar-refractivity contribution < 1.29 is 19.1 Å². The number of fused-ring (bicyclic) bond motifs is 1. The Morgan fingerprint density at radius 2 is 1.58 bits per heavy atom. The van der Waals surface area contributed by atoms with E-state index in [9.17, 15) is 19.2 Å². The molecule has 38 heavy (non-hydrogen) atoms. The van der Waals surface area contributed by atoms with E-state index in [0.29, 0.717) is 28.2 Å². The maximum absolute atomic E-state index is 13.3. The van der Waals surface area contributed by atoms with E-state index in [0.717, 1.165) is 10.1 Å². The number of carbonyl (C=O) groups is 2. The fourth-order valence-corrected chi connectivity index (χ4v) is 4.06. The molecule has 1 heterocycles. The first-order valence-electron chi connectivity index (χ1n) is 11.9. The normalized spacial score (nSPS) is 10.8. The van der Waals surface area contributed by atoms with Crippen LogP contribution in [-0.4, -0.2) is 41.8 Å². The Morgan fingerprint density at radius 3 is 2.24 bits per heavy atom. The van der Waals surface area contributed by atoms with Gasteiger partial charge in [-0.3, -0.25) is 18.7 Å². The summed E-state index contributed by atoms with van der Waals surface area (Å²) in [7, 11) is 3.07. The molecule has 0 aliphatic rings. The summed E-state index contributed by atoms with van der Waals surface area (Å²) in [5.41, 5.74) is 1.63. The summed E-state index contributed by atoms with van der Waals surface area (Å²) in [5, 5.41) is 5.66. The first-order valence-corrected chi connectivity index (χ1v) is 11.9. The second kappa shape index (κ2) is 11.6. The minimum absolute atomic E-state index is 0.0807. The summed E-state index contributed by atoms with van der Waals surface area (Å²) in [6, 6.07) is 18.1. The van der Waals surface area contributed by atoms with Crippen molar-refractivity contribution in [1.82, 2.24) is 9.13 Å². The molecule has 0 atom stereocenters. The standard InChI is InChI=1S/C28H28N4O6/c1-18(33)20-5-4-6-21(15-20)29-27(35)30-22-9-12-25-24(16-22)26(34)31(13-14-37-2)28(36)32(25)17-19-7-10-23(38-3)11-8-19/h4-12,15-16H,13-14,17H2,1-3H3,(H2,29,30,35). The van der Waals surface area contributed by atoms with Crippen LogP contribution in [0.15, 0.2) is 76.3 Å². The highest BCUT2D eigenvalue weighted by Gasteiger charge is 2.15. The number of anilines is 2. The zero-order chi connectivity index (χ0) is 27.2. The Morgan fingerprint density at radius 1 is 0.868 bits per heavy atom. The summed E-state index contributed by atoms with van der Waals surface area (Å²) in [6.45, 7) is 1.94. The van der Waals surface area contributed by atoms with Crippen LogP contribution in [-0.2, 0) is 17.8 Å². The monoisotopic (exact) mass is 516 g/mol. The number of nitrogens with zero attached hydrogens (tertiary/aromatic N) is 2. The third kappa shape index (κ3) is 5.81. The highest BCUT2D eigenvalue weighted by molar-refractivity contribution is 6.02. The number of hydrogen-bond donors (Lipinski definition) is 2. The van der Waals surface area contributed by atoms with Gasteiger partial charge in [0.1, 0.15) is 5.75 Å². The van der Waals surface area contributed by atoms with E-state index in [2.05, 4.69) is 10.6 Å². The lowest BCUT2D eigenvalue weighted by molar-refractivity contribution is 0.101. The molecule has 0 bridgehead atoms. The molecule has 4 aromatic rings. The lowest BCUT2D eigenvalue weighted by Crippen LogP contribution is -2.41. The van der Waals surface area contributed by atoms with Gasteiger partial charge in [-0.15, -0.1) is 0 Å². The molecule has 0 saturated heterocycles. The molecule has 0 spiro atoms. The van der Waals surface area contributed by atoms with Gasteiger partial charge in [0.25, 0.3) is 5.56 Å². The van der Waals surface area contributed by atoms with Gasteiger partial charge in [-0.1, -0.05) is 24.3 Å². The molecule has 1 aromatic heterocycles. The van der Waals surface area contributed by atoms with Crippen molar-refractivity contribution in [3.63, 3.8) is 0 Å². The van der Waals surface area contributed by atoms with Gasteiger partial charge in [0, 0.05) is 24.0 Å². The summed E-state index contributed by atoms with van der Waals surface area (Å²) >= 11 is 0. The van der Waals surface area contributed by atoms with Gasteiger partial charge in [-0.2, -0.15) is 0 Å². The summed E-state index contributed by atoms with van der Waals surface area (Å²) in [5.74, 6) is 0.576. The number of benzene rings is 3. The maximum atomic E-state index is 13.3. The number of rotatable bonds is 9. The Hall–Kier alpha value is -4.70. The fourth-order valence-electron chi connectivity index (χ4n) is 4.06. The number of nitrogens with one attached hydrogen (secondary N) is 2. The minimum atomic E-state index is -0.545. The van der Waals surface area contributed by atoms with Gasteiger partial charge in [0.15, 0.2) is 5.78 Å². The maximum Gasteiger partial charge on any atom is 0.331 e. The Kier molecular flexibility index (Phi) is 8.03. The largest absolute Gasteiger partial charge is 0.497 e. The number of aromatic nitrogens is 2. The molecule has 0 fully saturated rings. The molecule has 0 aliphatic carbocycles. The Bertz CT molecular complexity index is 1600. The number of hydrogen-bond acceptors (Lipinski definition) is 6. The van der Waals surface area contributed by atoms with E-state index >= 15 is 0 Å². The number of amides is 2. The number of urea groups is 1. The molecule has 4 rings (SSSR count). The molecule has 196 valence electrons. The highest BCUT2D eigenvalue weighted by Crippen LogP contribution is 2.19. The van der Waals surface area contributed by atoms with Crippen LogP contribution in [0.3, 0.4) is 0 Å². The van der Waals surface area contributed by atoms with E-state index < -0.39 is 17.3 Å². The molecular weight excluding hydrogens is 488 g/mol. The summed E-state index contributed by atoms with van der Waals surface area (Å²) < 4.78 is 13.0. The van der Waals surface area contributed by atoms with Crippen molar-refractivity contribution in [2.75, 3.05) is 31.5 Å². The minimum Gasteiger partial charge on any atom is -0.497 e.